The van der Waals surface area contributed by atoms with E-state index in [0.29, 0.717) is 18.1 Å². The topological polar surface area (TPSA) is 28.2 Å². The van der Waals surface area contributed by atoms with Crippen LogP contribution < -0.4 is 5.32 Å². The van der Waals surface area contributed by atoms with Crippen LogP contribution in [0, 0.1) is 0 Å². The Kier molecular flexibility index (Phi) is 5.15. The molecule has 1 fully saturated rings. The Hall–Kier alpha value is -0.450. The Bertz CT molecular complexity index is 339. The van der Waals surface area contributed by atoms with Crippen LogP contribution in [0.5, 0.6) is 0 Å². The fraction of sp³-hybridized carbons (Fsp3) is 0.786. The minimum Gasteiger partial charge on any atom is -0.314 e. The lowest BCUT2D eigenvalue weighted by molar-refractivity contribution is 0.0954. The minimum absolute atomic E-state index is 0.465. The Labute approximate surface area is 115 Å². The van der Waals surface area contributed by atoms with Crippen LogP contribution in [0.2, 0.25) is 0 Å². The van der Waals surface area contributed by atoms with Gasteiger partial charge in [0.15, 0.2) is 0 Å². The number of nitrogens with one attached hydrogen (secondary N) is 1. The highest BCUT2D eigenvalue weighted by Crippen LogP contribution is 2.29. The first-order valence-corrected chi connectivity index (χ1v) is 7.98. The SMILES string of the molecule is CCCNC1CCN(C(C)c2nccs2)C(C)C1. The standard InChI is InChI=1S/C14H25N3S/c1-4-6-15-13-5-8-17(11(2)10-13)12(3)14-16-7-9-18-14/h7,9,11-13,15H,4-6,8,10H2,1-3H3. The monoisotopic (exact) mass is 267 g/mol. The second kappa shape index (κ2) is 6.64. The van der Waals surface area contributed by atoms with E-state index in [0.717, 1.165) is 6.54 Å². The highest BCUT2D eigenvalue weighted by molar-refractivity contribution is 7.09. The maximum atomic E-state index is 4.46. The van der Waals surface area contributed by atoms with E-state index in [4.69, 9.17) is 0 Å². The molecule has 3 unspecified atom stereocenters. The maximum Gasteiger partial charge on any atom is 0.109 e. The van der Waals surface area contributed by atoms with E-state index in [2.05, 4.69) is 41.4 Å². The smallest absolute Gasteiger partial charge is 0.109 e. The summed E-state index contributed by atoms with van der Waals surface area (Å²) in [5.74, 6) is 0. The number of hydrogen-bond acceptors (Lipinski definition) is 4. The van der Waals surface area contributed by atoms with Gasteiger partial charge in [0.25, 0.3) is 0 Å². The van der Waals surface area contributed by atoms with Crippen molar-refractivity contribution in [2.24, 2.45) is 0 Å². The summed E-state index contributed by atoms with van der Waals surface area (Å²) in [5.41, 5.74) is 0. The van der Waals surface area contributed by atoms with Gasteiger partial charge in [0.2, 0.25) is 0 Å². The predicted molar refractivity (Wildman–Crippen MR) is 78.0 cm³/mol. The highest BCUT2D eigenvalue weighted by Gasteiger charge is 2.29. The zero-order chi connectivity index (χ0) is 13.0. The Morgan fingerprint density at radius 3 is 3.06 bits per heavy atom. The summed E-state index contributed by atoms with van der Waals surface area (Å²) in [5, 5.41) is 6.98. The van der Waals surface area contributed by atoms with Crippen molar-refractivity contribution in [3.05, 3.63) is 16.6 Å². The van der Waals surface area contributed by atoms with Crippen molar-refractivity contribution >= 4 is 11.3 Å². The average molecular weight is 267 g/mol. The van der Waals surface area contributed by atoms with Gasteiger partial charge in [-0.1, -0.05) is 6.92 Å². The van der Waals surface area contributed by atoms with Crippen LogP contribution in [0.3, 0.4) is 0 Å². The van der Waals surface area contributed by atoms with Gasteiger partial charge in [-0.15, -0.1) is 11.3 Å². The summed E-state index contributed by atoms with van der Waals surface area (Å²) >= 11 is 1.77. The molecule has 0 aromatic carbocycles. The number of nitrogens with zero attached hydrogens (tertiary/aromatic N) is 2. The van der Waals surface area contributed by atoms with Gasteiger partial charge in [0, 0.05) is 30.2 Å². The molecule has 18 heavy (non-hydrogen) atoms. The largest absolute Gasteiger partial charge is 0.314 e. The lowest BCUT2D eigenvalue weighted by atomic mass is 9.96. The van der Waals surface area contributed by atoms with Crippen LogP contribution in [-0.2, 0) is 0 Å². The Morgan fingerprint density at radius 2 is 2.44 bits per heavy atom. The molecule has 1 N–H and O–H groups in total. The summed E-state index contributed by atoms with van der Waals surface area (Å²) in [4.78, 5) is 7.06. The lowest BCUT2D eigenvalue weighted by Gasteiger charge is -2.41. The van der Waals surface area contributed by atoms with Gasteiger partial charge in [-0.05, 0) is 39.7 Å². The molecule has 0 bridgehead atoms. The third-order valence-electron chi connectivity index (χ3n) is 3.92. The number of aromatic nitrogens is 1. The molecule has 1 aromatic heterocycles. The van der Waals surface area contributed by atoms with E-state index in [1.165, 1.54) is 30.8 Å². The van der Waals surface area contributed by atoms with Gasteiger partial charge < -0.3 is 5.32 Å². The molecule has 102 valence electrons. The van der Waals surface area contributed by atoms with Crippen molar-refractivity contribution < 1.29 is 0 Å². The Balaban J connectivity index is 1.89. The second-order valence-corrected chi connectivity index (χ2v) is 6.23. The molecule has 0 spiro atoms. The highest BCUT2D eigenvalue weighted by atomic mass is 32.1. The first-order valence-electron chi connectivity index (χ1n) is 7.11. The molecule has 4 heteroatoms. The number of thiazole rings is 1. The number of hydrogen-bond donors (Lipinski definition) is 1. The fourth-order valence-corrected chi connectivity index (χ4v) is 3.60. The number of rotatable bonds is 5. The summed E-state index contributed by atoms with van der Waals surface area (Å²) < 4.78 is 0. The van der Waals surface area contributed by atoms with Gasteiger partial charge in [0.1, 0.15) is 5.01 Å². The molecular weight excluding hydrogens is 242 g/mol. The van der Waals surface area contributed by atoms with Gasteiger partial charge in [0.05, 0.1) is 6.04 Å². The molecule has 2 heterocycles. The molecule has 0 amide bonds. The van der Waals surface area contributed by atoms with E-state index in [9.17, 15) is 0 Å². The van der Waals surface area contributed by atoms with Crippen LogP contribution >= 0.6 is 11.3 Å². The van der Waals surface area contributed by atoms with Gasteiger partial charge in [-0.3, -0.25) is 4.90 Å². The molecule has 0 saturated carbocycles. The third kappa shape index (κ3) is 3.31. The van der Waals surface area contributed by atoms with E-state index in [1.807, 2.05) is 6.20 Å². The summed E-state index contributed by atoms with van der Waals surface area (Å²) in [7, 11) is 0. The normalized spacial score (nSPS) is 27.3. The van der Waals surface area contributed by atoms with E-state index in [1.54, 1.807) is 11.3 Å². The Morgan fingerprint density at radius 1 is 1.61 bits per heavy atom. The van der Waals surface area contributed by atoms with Crippen molar-refractivity contribution in [1.82, 2.24) is 15.2 Å². The molecule has 0 aliphatic carbocycles. The molecule has 1 saturated heterocycles. The molecule has 1 aliphatic heterocycles. The van der Waals surface area contributed by atoms with Gasteiger partial charge in [-0.2, -0.15) is 0 Å². The molecular formula is C14H25N3S. The maximum absolute atomic E-state index is 4.46. The van der Waals surface area contributed by atoms with Crippen LogP contribution in [-0.4, -0.2) is 35.1 Å². The zero-order valence-corrected chi connectivity index (χ0v) is 12.5. The third-order valence-corrected chi connectivity index (χ3v) is 4.86. The summed E-state index contributed by atoms with van der Waals surface area (Å²) in [6.45, 7) is 9.21. The van der Waals surface area contributed by atoms with Crippen LogP contribution in [0.15, 0.2) is 11.6 Å². The predicted octanol–water partition coefficient (Wildman–Crippen LogP) is 3.06. The van der Waals surface area contributed by atoms with Gasteiger partial charge in [-0.25, -0.2) is 4.98 Å². The lowest BCUT2D eigenvalue weighted by Crippen LogP contribution is -2.48. The minimum atomic E-state index is 0.465. The van der Waals surface area contributed by atoms with Crippen molar-refractivity contribution in [2.75, 3.05) is 13.1 Å². The molecule has 0 radical (unpaired) electrons. The first-order chi connectivity index (χ1) is 8.72. The van der Waals surface area contributed by atoms with Gasteiger partial charge >= 0.3 is 0 Å². The summed E-state index contributed by atoms with van der Waals surface area (Å²) in [6.07, 6.45) is 5.66. The number of likely N-dealkylation sites (tertiary alicyclic amines) is 1. The van der Waals surface area contributed by atoms with Crippen molar-refractivity contribution in [3.63, 3.8) is 0 Å². The summed E-state index contributed by atoms with van der Waals surface area (Å²) in [6, 6.07) is 1.82. The molecule has 3 atom stereocenters. The molecule has 1 aromatic rings. The van der Waals surface area contributed by atoms with E-state index < -0.39 is 0 Å². The molecule has 2 rings (SSSR count). The average Bonchev–Trinajstić information content (AvgIpc) is 2.89. The van der Waals surface area contributed by atoms with Crippen LogP contribution in [0.25, 0.3) is 0 Å². The van der Waals surface area contributed by atoms with Crippen molar-refractivity contribution in [2.45, 2.75) is 58.2 Å². The zero-order valence-electron chi connectivity index (χ0n) is 11.7. The van der Waals surface area contributed by atoms with Crippen molar-refractivity contribution in [1.29, 1.82) is 0 Å². The number of piperidine rings is 1. The second-order valence-electron chi connectivity index (χ2n) is 5.31. The first kappa shape index (κ1) is 14.0. The van der Waals surface area contributed by atoms with Crippen LogP contribution in [0.1, 0.15) is 51.1 Å². The van der Waals surface area contributed by atoms with Crippen molar-refractivity contribution in [3.8, 4) is 0 Å². The fourth-order valence-electron chi connectivity index (χ4n) is 2.88. The molecule has 3 nitrogen and oxygen atoms in total. The van der Waals surface area contributed by atoms with E-state index in [-0.39, 0.29) is 0 Å². The van der Waals surface area contributed by atoms with E-state index >= 15 is 0 Å². The molecule has 1 aliphatic rings. The quantitative estimate of drug-likeness (QED) is 0.888. The van der Waals surface area contributed by atoms with Crippen LogP contribution in [0.4, 0.5) is 0 Å².